The van der Waals surface area contributed by atoms with Gasteiger partial charge in [0, 0.05) is 18.8 Å². The molecule has 96 valence electrons. The monoisotopic (exact) mass is 244 g/mol. The van der Waals surface area contributed by atoms with Crippen LogP contribution < -0.4 is 11.3 Å². The maximum Gasteiger partial charge on any atom is 0.133 e. The first-order valence-electron chi connectivity index (χ1n) is 5.60. The summed E-state index contributed by atoms with van der Waals surface area (Å²) in [6.45, 7) is 4.42. The number of nitrogens with one attached hydrogen (secondary N) is 1. The molecular formula is C12H18F2N2O. The fourth-order valence-electron chi connectivity index (χ4n) is 1.65. The van der Waals surface area contributed by atoms with Crippen molar-refractivity contribution in [3.05, 3.63) is 34.9 Å². The highest BCUT2D eigenvalue weighted by atomic mass is 19.1. The van der Waals surface area contributed by atoms with Crippen molar-refractivity contribution in [1.82, 2.24) is 5.43 Å². The summed E-state index contributed by atoms with van der Waals surface area (Å²) in [5.74, 6) is 4.19. The summed E-state index contributed by atoms with van der Waals surface area (Å²) in [5.41, 5.74) is 2.81. The summed E-state index contributed by atoms with van der Waals surface area (Å²) in [4.78, 5) is 0. The second-order valence-corrected chi connectivity index (χ2v) is 3.80. The quantitative estimate of drug-likeness (QED) is 0.458. The molecule has 1 atom stereocenters. The van der Waals surface area contributed by atoms with Gasteiger partial charge >= 0.3 is 0 Å². The second-order valence-electron chi connectivity index (χ2n) is 3.80. The minimum absolute atomic E-state index is 0.0211. The van der Waals surface area contributed by atoms with Gasteiger partial charge in [0.25, 0.3) is 0 Å². The number of nitrogens with two attached hydrogens (primary N) is 1. The largest absolute Gasteiger partial charge is 0.382 e. The van der Waals surface area contributed by atoms with E-state index in [0.29, 0.717) is 25.2 Å². The number of benzene rings is 1. The lowest BCUT2D eigenvalue weighted by molar-refractivity contribution is 0.135. The molecule has 3 nitrogen and oxygen atoms in total. The molecule has 0 saturated heterocycles. The van der Waals surface area contributed by atoms with Crippen LogP contribution in [0.1, 0.15) is 30.5 Å². The lowest BCUT2D eigenvalue weighted by atomic mass is 10.0. The Balaban J connectivity index is 2.91. The maximum atomic E-state index is 13.8. The summed E-state index contributed by atoms with van der Waals surface area (Å²) in [6.07, 6.45) is 0.418. The third kappa shape index (κ3) is 3.46. The highest BCUT2D eigenvalue weighted by molar-refractivity contribution is 5.29. The van der Waals surface area contributed by atoms with Gasteiger partial charge in [0.2, 0.25) is 0 Å². The third-order valence-corrected chi connectivity index (χ3v) is 2.62. The number of hydrogen-bond acceptors (Lipinski definition) is 3. The first kappa shape index (κ1) is 14.0. The molecule has 1 aromatic carbocycles. The van der Waals surface area contributed by atoms with E-state index in [1.165, 1.54) is 12.1 Å². The van der Waals surface area contributed by atoms with Crippen molar-refractivity contribution in [2.24, 2.45) is 5.84 Å². The van der Waals surface area contributed by atoms with Crippen LogP contribution in [0.2, 0.25) is 0 Å². The average molecular weight is 244 g/mol. The molecule has 0 amide bonds. The smallest absolute Gasteiger partial charge is 0.133 e. The fourth-order valence-corrected chi connectivity index (χ4v) is 1.65. The lowest BCUT2D eigenvalue weighted by Crippen LogP contribution is -2.30. The van der Waals surface area contributed by atoms with Crippen LogP contribution in [-0.2, 0) is 4.74 Å². The van der Waals surface area contributed by atoms with Gasteiger partial charge in [-0.25, -0.2) is 8.78 Å². The molecule has 0 spiro atoms. The predicted octanol–water partition coefficient (Wildman–Crippen LogP) is 2.20. The van der Waals surface area contributed by atoms with Gasteiger partial charge in [0.05, 0.1) is 6.04 Å². The molecule has 1 unspecified atom stereocenters. The zero-order valence-corrected chi connectivity index (χ0v) is 10.1. The molecule has 0 aliphatic carbocycles. The lowest BCUT2D eigenvalue weighted by Gasteiger charge is -2.18. The Morgan fingerprint density at radius 2 is 2.12 bits per heavy atom. The highest BCUT2D eigenvalue weighted by Gasteiger charge is 2.20. The van der Waals surface area contributed by atoms with Gasteiger partial charge in [-0.15, -0.1) is 0 Å². The van der Waals surface area contributed by atoms with E-state index in [0.717, 1.165) is 0 Å². The van der Waals surface area contributed by atoms with Crippen LogP contribution in [0.15, 0.2) is 12.1 Å². The van der Waals surface area contributed by atoms with E-state index in [-0.39, 0.29) is 5.56 Å². The normalized spacial score (nSPS) is 12.8. The molecule has 0 saturated carbocycles. The molecule has 0 heterocycles. The molecule has 0 aliphatic heterocycles. The summed E-state index contributed by atoms with van der Waals surface area (Å²) in [5, 5.41) is 0. The SMILES string of the molecule is CCOCCC(NN)c1c(F)ccc(C)c1F. The molecule has 1 rings (SSSR count). The number of hydrogen-bond donors (Lipinski definition) is 2. The molecular weight excluding hydrogens is 226 g/mol. The third-order valence-electron chi connectivity index (χ3n) is 2.62. The van der Waals surface area contributed by atoms with Crippen molar-refractivity contribution in [2.45, 2.75) is 26.3 Å². The summed E-state index contributed by atoms with van der Waals surface area (Å²) >= 11 is 0. The summed E-state index contributed by atoms with van der Waals surface area (Å²) in [6, 6.07) is 2.07. The number of halogens is 2. The highest BCUT2D eigenvalue weighted by Crippen LogP contribution is 2.25. The minimum Gasteiger partial charge on any atom is -0.382 e. The van der Waals surface area contributed by atoms with Gasteiger partial charge in [-0.2, -0.15) is 0 Å². The van der Waals surface area contributed by atoms with Crippen molar-refractivity contribution in [3.8, 4) is 0 Å². The van der Waals surface area contributed by atoms with Crippen molar-refractivity contribution < 1.29 is 13.5 Å². The van der Waals surface area contributed by atoms with Crippen LogP contribution in [0.5, 0.6) is 0 Å². The standard InChI is InChI=1S/C12H18F2N2O/c1-3-17-7-6-10(16-15)11-9(13)5-4-8(2)12(11)14/h4-5,10,16H,3,6-7,15H2,1-2H3. The van der Waals surface area contributed by atoms with Gasteiger partial charge in [-0.05, 0) is 31.9 Å². The first-order chi connectivity index (χ1) is 8.11. The van der Waals surface area contributed by atoms with Gasteiger partial charge in [0.15, 0.2) is 0 Å². The number of hydrazine groups is 1. The Morgan fingerprint density at radius 3 is 2.71 bits per heavy atom. The Labute approximate surface area is 99.9 Å². The molecule has 0 aromatic heterocycles. The van der Waals surface area contributed by atoms with Crippen molar-refractivity contribution in [1.29, 1.82) is 0 Å². The van der Waals surface area contributed by atoms with Crippen LogP contribution in [0.3, 0.4) is 0 Å². The molecule has 1 aromatic rings. The predicted molar refractivity (Wildman–Crippen MR) is 62.3 cm³/mol. The molecule has 17 heavy (non-hydrogen) atoms. The van der Waals surface area contributed by atoms with Gasteiger partial charge in [-0.1, -0.05) is 6.07 Å². The first-order valence-corrected chi connectivity index (χ1v) is 5.60. The van der Waals surface area contributed by atoms with Crippen LogP contribution in [0.25, 0.3) is 0 Å². The van der Waals surface area contributed by atoms with Gasteiger partial charge in [0.1, 0.15) is 11.6 Å². The van der Waals surface area contributed by atoms with Crippen LogP contribution in [0.4, 0.5) is 8.78 Å². The second kappa shape index (κ2) is 6.64. The maximum absolute atomic E-state index is 13.8. The van der Waals surface area contributed by atoms with Crippen LogP contribution >= 0.6 is 0 Å². The minimum atomic E-state index is -0.590. The molecule has 0 fully saturated rings. The van der Waals surface area contributed by atoms with Gasteiger partial charge in [-0.3, -0.25) is 11.3 Å². The van der Waals surface area contributed by atoms with Crippen molar-refractivity contribution in [3.63, 3.8) is 0 Å². The molecule has 0 bridgehead atoms. The zero-order chi connectivity index (χ0) is 12.8. The number of aryl methyl sites for hydroxylation is 1. The molecule has 0 radical (unpaired) electrons. The van der Waals surface area contributed by atoms with Crippen LogP contribution in [0, 0.1) is 18.6 Å². The van der Waals surface area contributed by atoms with E-state index in [9.17, 15) is 8.78 Å². The number of ether oxygens (including phenoxy) is 1. The summed E-state index contributed by atoms with van der Waals surface area (Å²) in [7, 11) is 0. The zero-order valence-electron chi connectivity index (χ0n) is 10.1. The summed E-state index contributed by atoms with van der Waals surface area (Å²) < 4.78 is 32.6. The van der Waals surface area contributed by atoms with E-state index in [4.69, 9.17) is 10.6 Å². The Hall–Kier alpha value is -1.04. The molecule has 5 heteroatoms. The fraction of sp³-hybridized carbons (Fsp3) is 0.500. The van der Waals surface area contributed by atoms with Crippen molar-refractivity contribution in [2.75, 3.05) is 13.2 Å². The topological polar surface area (TPSA) is 47.3 Å². The van der Waals surface area contributed by atoms with Crippen LogP contribution in [-0.4, -0.2) is 13.2 Å². The van der Waals surface area contributed by atoms with E-state index >= 15 is 0 Å². The van der Waals surface area contributed by atoms with E-state index in [1.54, 1.807) is 6.92 Å². The van der Waals surface area contributed by atoms with E-state index in [1.807, 2.05) is 6.92 Å². The molecule has 3 N–H and O–H groups in total. The van der Waals surface area contributed by atoms with Gasteiger partial charge < -0.3 is 4.74 Å². The van der Waals surface area contributed by atoms with Crippen molar-refractivity contribution >= 4 is 0 Å². The number of rotatable bonds is 6. The Bertz CT molecular complexity index is 372. The van der Waals surface area contributed by atoms with E-state index < -0.39 is 17.7 Å². The Kier molecular flexibility index (Phi) is 5.47. The average Bonchev–Trinajstić information content (AvgIpc) is 2.32. The molecule has 0 aliphatic rings. The van der Waals surface area contributed by atoms with E-state index in [2.05, 4.69) is 5.43 Å². The Morgan fingerprint density at radius 1 is 1.41 bits per heavy atom.